The minimum Gasteiger partial charge on any atom is -0.489 e. The molecule has 6 heteroatoms. The van der Waals surface area contributed by atoms with Crippen LogP contribution < -0.4 is 10.1 Å². The second-order valence-corrected chi connectivity index (χ2v) is 5.57. The number of ether oxygens (including phenoxy) is 2. The predicted molar refractivity (Wildman–Crippen MR) is 81.4 cm³/mol. The number of nitrogens with one attached hydrogen (secondary N) is 1. The molecular formula is C16H21NO5. The van der Waals surface area contributed by atoms with E-state index < -0.39 is 5.97 Å². The summed E-state index contributed by atoms with van der Waals surface area (Å²) in [5.41, 5.74) is 0.472. The molecule has 1 aromatic carbocycles. The van der Waals surface area contributed by atoms with Crippen LogP contribution >= 0.6 is 0 Å². The number of hydrogen-bond donors (Lipinski definition) is 2. The monoisotopic (exact) mass is 307 g/mol. The first-order chi connectivity index (χ1) is 10.5. The van der Waals surface area contributed by atoms with Crippen LogP contribution in [0.1, 0.15) is 43.5 Å². The zero-order valence-electron chi connectivity index (χ0n) is 12.8. The van der Waals surface area contributed by atoms with E-state index in [1.807, 2.05) is 13.8 Å². The topological polar surface area (TPSA) is 84.9 Å². The standard InChI is InChI=1S/C16H21NO5/c1-10(2)22-14-6-5-11(16(19)20)8-13(14)17-15(18)9-12-4-3-7-21-12/h5-6,8,10,12H,3-4,7,9H2,1-2H3,(H,17,18)(H,19,20). The van der Waals surface area contributed by atoms with Gasteiger partial charge in [-0.15, -0.1) is 0 Å². The number of carboxylic acid groups (broad SMARTS) is 1. The highest BCUT2D eigenvalue weighted by atomic mass is 16.5. The highest BCUT2D eigenvalue weighted by molar-refractivity contribution is 5.95. The van der Waals surface area contributed by atoms with Gasteiger partial charge in [-0.3, -0.25) is 4.79 Å². The maximum absolute atomic E-state index is 12.1. The molecule has 22 heavy (non-hydrogen) atoms. The van der Waals surface area contributed by atoms with E-state index in [0.717, 1.165) is 12.8 Å². The molecule has 2 rings (SSSR count). The highest BCUT2D eigenvalue weighted by Gasteiger charge is 2.20. The first kappa shape index (κ1) is 16.3. The molecule has 1 heterocycles. The van der Waals surface area contributed by atoms with Crippen molar-refractivity contribution in [3.8, 4) is 5.75 Å². The van der Waals surface area contributed by atoms with Crippen LogP contribution in [-0.4, -0.2) is 35.8 Å². The summed E-state index contributed by atoms with van der Waals surface area (Å²) in [6, 6.07) is 4.42. The molecule has 0 aromatic heterocycles. The Morgan fingerprint density at radius 2 is 2.23 bits per heavy atom. The van der Waals surface area contributed by atoms with Crippen LogP contribution in [0.2, 0.25) is 0 Å². The van der Waals surface area contributed by atoms with E-state index in [4.69, 9.17) is 14.6 Å². The lowest BCUT2D eigenvalue weighted by atomic mass is 10.1. The van der Waals surface area contributed by atoms with E-state index in [9.17, 15) is 9.59 Å². The van der Waals surface area contributed by atoms with Crippen molar-refractivity contribution in [1.29, 1.82) is 0 Å². The first-order valence-corrected chi connectivity index (χ1v) is 7.41. The zero-order chi connectivity index (χ0) is 16.1. The van der Waals surface area contributed by atoms with Gasteiger partial charge in [0.15, 0.2) is 0 Å². The van der Waals surface area contributed by atoms with Gasteiger partial charge in [-0.1, -0.05) is 0 Å². The van der Waals surface area contributed by atoms with Gasteiger partial charge in [-0.2, -0.15) is 0 Å². The van der Waals surface area contributed by atoms with Gasteiger partial charge in [0.2, 0.25) is 5.91 Å². The van der Waals surface area contributed by atoms with Crippen molar-refractivity contribution in [2.45, 2.75) is 45.3 Å². The number of rotatable bonds is 6. The van der Waals surface area contributed by atoms with E-state index in [2.05, 4.69) is 5.32 Å². The molecule has 1 atom stereocenters. The number of aromatic carboxylic acids is 1. The number of benzene rings is 1. The highest BCUT2D eigenvalue weighted by Crippen LogP contribution is 2.27. The number of hydrogen-bond acceptors (Lipinski definition) is 4. The van der Waals surface area contributed by atoms with E-state index in [1.165, 1.54) is 12.1 Å². The van der Waals surface area contributed by atoms with E-state index in [1.54, 1.807) is 6.07 Å². The molecule has 120 valence electrons. The lowest BCUT2D eigenvalue weighted by Crippen LogP contribution is -2.20. The number of amides is 1. The summed E-state index contributed by atoms with van der Waals surface area (Å²) in [4.78, 5) is 23.2. The quantitative estimate of drug-likeness (QED) is 0.844. The van der Waals surface area contributed by atoms with Crippen molar-refractivity contribution >= 4 is 17.6 Å². The molecule has 1 amide bonds. The normalized spacial score (nSPS) is 17.5. The number of carbonyl (C=O) groups is 2. The third-order valence-electron chi connectivity index (χ3n) is 3.30. The van der Waals surface area contributed by atoms with Crippen LogP contribution in [0.25, 0.3) is 0 Å². The van der Waals surface area contributed by atoms with Crippen molar-refractivity contribution in [2.24, 2.45) is 0 Å². The summed E-state index contributed by atoms with van der Waals surface area (Å²) in [5.74, 6) is -0.797. The third-order valence-corrected chi connectivity index (χ3v) is 3.30. The van der Waals surface area contributed by atoms with Gasteiger partial charge in [0.1, 0.15) is 5.75 Å². The van der Waals surface area contributed by atoms with Gasteiger partial charge in [0.25, 0.3) is 0 Å². The summed E-state index contributed by atoms with van der Waals surface area (Å²) in [6.45, 7) is 4.42. The van der Waals surface area contributed by atoms with Crippen LogP contribution in [0.3, 0.4) is 0 Å². The number of anilines is 1. The van der Waals surface area contributed by atoms with Gasteiger partial charge >= 0.3 is 5.97 Å². The van der Waals surface area contributed by atoms with Crippen LogP contribution in [0.5, 0.6) is 5.75 Å². The fourth-order valence-electron chi connectivity index (χ4n) is 2.33. The summed E-state index contributed by atoms with van der Waals surface area (Å²) in [7, 11) is 0. The Labute approximate surface area is 129 Å². The molecule has 0 radical (unpaired) electrons. The molecule has 1 aliphatic rings. The Hall–Kier alpha value is -2.08. The molecule has 1 aromatic rings. The largest absolute Gasteiger partial charge is 0.489 e. The molecule has 0 bridgehead atoms. The lowest BCUT2D eigenvalue weighted by molar-refractivity contribution is -0.118. The predicted octanol–water partition coefficient (Wildman–Crippen LogP) is 2.68. The van der Waals surface area contributed by atoms with E-state index >= 15 is 0 Å². The first-order valence-electron chi connectivity index (χ1n) is 7.41. The maximum atomic E-state index is 12.1. The summed E-state index contributed by atoms with van der Waals surface area (Å²) in [6.07, 6.45) is 1.96. The Morgan fingerprint density at radius 3 is 2.82 bits per heavy atom. The summed E-state index contributed by atoms with van der Waals surface area (Å²) >= 11 is 0. The second-order valence-electron chi connectivity index (χ2n) is 5.57. The molecule has 0 spiro atoms. The van der Waals surface area contributed by atoms with Gasteiger partial charge in [0.05, 0.1) is 29.9 Å². The van der Waals surface area contributed by atoms with Crippen LogP contribution in [0.15, 0.2) is 18.2 Å². The van der Waals surface area contributed by atoms with Crippen molar-refractivity contribution in [2.75, 3.05) is 11.9 Å². The van der Waals surface area contributed by atoms with Gasteiger partial charge in [0, 0.05) is 6.61 Å². The fraction of sp³-hybridized carbons (Fsp3) is 0.500. The maximum Gasteiger partial charge on any atom is 0.335 e. The minimum absolute atomic E-state index is 0.0582. The fourth-order valence-corrected chi connectivity index (χ4v) is 2.33. The minimum atomic E-state index is -1.05. The molecule has 1 aliphatic heterocycles. The average molecular weight is 307 g/mol. The lowest BCUT2D eigenvalue weighted by Gasteiger charge is -2.16. The van der Waals surface area contributed by atoms with Crippen molar-refractivity contribution < 1.29 is 24.2 Å². The molecule has 1 unspecified atom stereocenters. The smallest absolute Gasteiger partial charge is 0.335 e. The molecule has 0 saturated carbocycles. The number of carbonyl (C=O) groups excluding carboxylic acids is 1. The van der Waals surface area contributed by atoms with Crippen molar-refractivity contribution in [1.82, 2.24) is 0 Å². The Bertz CT molecular complexity index is 549. The van der Waals surface area contributed by atoms with Crippen LogP contribution in [-0.2, 0) is 9.53 Å². The van der Waals surface area contributed by atoms with Gasteiger partial charge in [-0.25, -0.2) is 4.79 Å². The number of carboxylic acids is 1. The molecular weight excluding hydrogens is 286 g/mol. The van der Waals surface area contributed by atoms with Crippen molar-refractivity contribution in [3.05, 3.63) is 23.8 Å². The van der Waals surface area contributed by atoms with E-state index in [-0.39, 0.29) is 30.1 Å². The summed E-state index contributed by atoms with van der Waals surface area (Å²) < 4.78 is 11.0. The molecule has 1 fully saturated rings. The Morgan fingerprint density at radius 1 is 1.45 bits per heavy atom. The third kappa shape index (κ3) is 4.46. The van der Waals surface area contributed by atoms with E-state index in [0.29, 0.717) is 18.0 Å². The zero-order valence-corrected chi connectivity index (χ0v) is 12.8. The van der Waals surface area contributed by atoms with Crippen LogP contribution in [0, 0.1) is 0 Å². The SMILES string of the molecule is CC(C)Oc1ccc(C(=O)O)cc1NC(=O)CC1CCCO1. The summed E-state index contributed by atoms with van der Waals surface area (Å²) in [5, 5.41) is 11.8. The second kappa shape index (κ2) is 7.26. The molecule has 0 aliphatic carbocycles. The Balaban J connectivity index is 2.12. The molecule has 2 N–H and O–H groups in total. The Kier molecular flexibility index (Phi) is 5.38. The van der Waals surface area contributed by atoms with Gasteiger partial charge in [-0.05, 0) is 44.9 Å². The molecule has 1 saturated heterocycles. The average Bonchev–Trinajstić information content (AvgIpc) is 2.92. The molecule has 6 nitrogen and oxygen atoms in total. The van der Waals surface area contributed by atoms with Crippen LogP contribution in [0.4, 0.5) is 5.69 Å². The van der Waals surface area contributed by atoms with Crippen molar-refractivity contribution in [3.63, 3.8) is 0 Å². The van der Waals surface area contributed by atoms with Gasteiger partial charge < -0.3 is 19.9 Å².